The molecule has 1 aliphatic carbocycles. The van der Waals surface area contributed by atoms with Gasteiger partial charge < -0.3 is 19.5 Å². The highest BCUT2D eigenvalue weighted by molar-refractivity contribution is 7.80. The lowest BCUT2D eigenvalue weighted by molar-refractivity contribution is 0.0949. The summed E-state index contributed by atoms with van der Waals surface area (Å²) in [7, 11) is 0. The molecule has 5 nitrogen and oxygen atoms in total. The van der Waals surface area contributed by atoms with Crippen LogP contribution in [0.3, 0.4) is 0 Å². The van der Waals surface area contributed by atoms with Crippen molar-refractivity contribution in [3.8, 4) is 0 Å². The molecule has 2 aromatic heterocycles. The van der Waals surface area contributed by atoms with E-state index in [4.69, 9.17) is 17.0 Å². The van der Waals surface area contributed by atoms with Gasteiger partial charge in [-0.25, -0.2) is 0 Å². The molecular weight excluding hydrogens is 368 g/mol. The Morgan fingerprint density at radius 1 is 1.11 bits per heavy atom. The number of nitrogens with zero attached hydrogens (tertiary/aromatic N) is 3. The monoisotopic (exact) mass is 396 g/mol. The maximum absolute atomic E-state index is 5.91. The summed E-state index contributed by atoms with van der Waals surface area (Å²) in [6, 6.07) is 11.3. The van der Waals surface area contributed by atoms with Crippen LogP contribution in [0.25, 0.3) is 0 Å². The Morgan fingerprint density at radius 3 is 2.75 bits per heavy atom. The molecule has 0 unspecified atom stereocenters. The first-order valence-electron chi connectivity index (χ1n) is 10.6. The second kappa shape index (κ2) is 7.84. The van der Waals surface area contributed by atoms with Crippen molar-refractivity contribution in [2.45, 2.75) is 69.3 Å². The molecule has 0 spiro atoms. The summed E-state index contributed by atoms with van der Waals surface area (Å²) in [5, 5.41) is 4.48. The summed E-state index contributed by atoms with van der Waals surface area (Å²) >= 11 is 5.85. The van der Waals surface area contributed by atoms with Gasteiger partial charge in [0, 0.05) is 37.3 Å². The average molecular weight is 397 g/mol. The van der Waals surface area contributed by atoms with Crippen LogP contribution in [0.2, 0.25) is 0 Å². The van der Waals surface area contributed by atoms with E-state index in [-0.39, 0.29) is 12.1 Å². The minimum atomic E-state index is 0.0763. The third kappa shape index (κ3) is 3.33. The number of rotatable bonds is 5. The number of ether oxygens (including phenoxy) is 1. The van der Waals surface area contributed by atoms with Crippen LogP contribution in [0, 0.1) is 0 Å². The maximum Gasteiger partial charge on any atom is 0.170 e. The van der Waals surface area contributed by atoms with Crippen LogP contribution in [-0.4, -0.2) is 38.3 Å². The predicted molar refractivity (Wildman–Crippen MR) is 113 cm³/mol. The molecule has 3 atom stereocenters. The summed E-state index contributed by atoms with van der Waals surface area (Å²) in [5.74, 6) is 0. The second-order valence-electron chi connectivity index (χ2n) is 8.19. The van der Waals surface area contributed by atoms with Crippen molar-refractivity contribution in [3.05, 3.63) is 54.1 Å². The summed E-state index contributed by atoms with van der Waals surface area (Å²) in [6.45, 7) is 1.81. The lowest BCUT2D eigenvalue weighted by atomic mass is 9.99. The van der Waals surface area contributed by atoms with Gasteiger partial charge in [0.2, 0.25) is 0 Å². The number of pyridine rings is 1. The molecule has 0 bridgehead atoms. The Kier molecular flexibility index (Phi) is 5.07. The van der Waals surface area contributed by atoms with Crippen LogP contribution >= 0.6 is 12.2 Å². The van der Waals surface area contributed by atoms with Gasteiger partial charge in [0.05, 0.1) is 23.9 Å². The second-order valence-corrected chi connectivity index (χ2v) is 8.58. The molecule has 1 N–H and O–H groups in total. The van der Waals surface area contributed by atoms with E-state index >= 15 is 0 Å². The fourth-order valence-electron chi connectivity index (χ4n) is 5.13. The van der Waals surface area contributed by atoms with Gasteiger partial charge in [0.25, 0.3) is 0 Å². The zero-order valence-corrected chi connectivity index (χ0v) is 17.0. The molecule has 2 aromatic rings. The minimum absolute atomic E-state index is 0.0763. The highest BCUT2D eigenvalue weighted by atomic mass is 32.1. The molecule has 28 heavy (non-hydrogen) atoms. The standard InChI is InChI=1S/C22H28N4OS/c28-22-24-20(18-10-3-4-12-23-18)21(26(22)16-7-1-2-8-16)19-11-5-13-25(19)15-17-9-6-14-27-17/h3-5,10-13,16-17,20-21H,1-2,6-9,14-15H2,(H,24,28)/t17-,20+,21-/m0/s1. The van der Waals surface area contributed by atoms with E-state index in [1.807, 2.05) is 12.3 Å². The molecule has 1 saturated carbocycles. The first kappa shape index (κ1) is 18.1. The fourth-order valence-corrected chi connectivity index (χ4v) is 5.52. The first-order chi connectivity index (χ1) is 13.8. The van der Waals surface area contributed by atoms with Crippen LogP contribution in [0.15, 0.2) is 42.7 Å². The predicted octanol–water partition coefficient (Wildman–Crippen LogP) is 3.98. The van der Waals surface area contributed by atoms with Gasteiger partial charge >= 0.3 is 0 Å². The van der Waals surface area contributed by atoms with Gasteiger partial charge in [-0.05, 0) is 62.2 Å². The van der Waals surface area contributed by atoms with Gasteiger partial charge in [0.1, 0.15) is 0 Å². The Bertz CT molecular complexity index is 811. The lowest BCUT2D eigenvalue weighted by Gasteiger charge is -2.33. The molecule has 4 heterocycles. The van der Waals surface area contributed by atoms with Gasteiger partial charge in [-0.2, -0.15) is 0 Å². The summed E-state index contributed by atoms with van der Waals surface area (Å²) in [6.07, 6.45) is 11.7. The van der Waals surface area contributed by atoms with Gasteiger partial charge in [-0.3, -0.25) is 4.98 Å². The molecule has 6 heteroatoms. The van der Waals surface area contributed by atoms with E-state index in [1.165, 1.54) is 37.8 Å². The zero-order chi connectivity index (χ0) is 18.9. The molecule has 0 aromatic carbocycles. The number of thiocarbonyl (C=S) groups is 1. The first-order valence-corrected chi connectivity index (χ1v) is 11.0. The van der Waals surface area contributed by atoms with Gasteiger partial charge in [-0.1, -0.05) is 18.9 Å². The molecule has 148 valence electrons. The summed E-state index contributed by atoms with van der Waals surface area (Å²) in [4.78, 5) is 7.14. The largest absolute Gasteiger partial charge is 0.376 e. The van der Waals surface area contributed by atoms with Crippen LogP contribution < -0.4 is 5.32 Å². The van der Waals surface area contributed by atoms with Gasteiger partial charge in [0.15, 0.2) is 5.11 Å². The van der Waals surface area contributed by atoms with Crippen LogP contribution in [-0.2, 0) is 11.3 Å². The third-order valence-corrected chi connectivity index (χ3v) is 6.77. The zero-order valence-electron chi connectivity index (χ0n) is 16.2. The highest BCUT2D eigenvalue weighted by Crippen LogP contribution is 2.43. The molecule has 2 aliphatic heterocycles. The van der Waals surface area contributed by atoms with Crippen LogP contribution in [0.5, 0.6) is 0 Å². The van der Waals surface area contributed by atoms with E-state index in [0.29, 0.717) is 12.1 Å². The summed E-state index contributed by atoms with van der Waals surface area (Å²) in [5.41, 5.74) is 2.37. The Morgan fingerprint density at radius 2 is 2.00 bits per heavy atom. The number of aromatic nitrogens is 2. The van der Waals surface area contributed by atoms with Crippen LogP contribution in [0.4, 0.5) is 0 Å². The molecule has 5 rings (SSSR count). The molecule has 3 fully saturated rings. The van der Waals surface area contributed by atoms with Crippen molar-refractivity contribution in [1.82, 2.24) is 19.8 Å². The van der Waals surface area contributed by atoms with Crippen molar-refractivity contribution < 1.29 is 4.74 Å². The van der Waals surface area contributed by atoms with E-state index in [1.54, 1.807) is 0 Å². The van der Waals surface area contributed by atoms with Crippen molar-refractivity contribution in [2.75, 3.05) is 6.61 Å². The third-order valence-electron chi connectivity index (χ3n) is 6.45. The number of hydrogen-bond donors (Lipinski definition) is 1. The Balaban J connectivity index is 1.52. The molecule has 0 radical (unpaired) electrons. The van der Waals surface area contributed by atoms with Crippen molar-refractivity contribution in [3.63, 3.8) is 0 Å². The lowest BCUT2D eigenvalue weighted by Crippen LogP contribution is -2.38. The van der Waals surface area contributed by atoms with Crippen molar-refractivity contribution >= 4 is 17.3 Å². The quantitative estimate of drug-likeness (QED) is 0.775. The fraction of sp³-hybridized carbons (Fsp3) is 0.545. The summed E-state index contributed by atoms with van der Waals surface area (Å²) < 4.78 is 8.30. The topological polar surface area (TPSA) is 42.3 Å². The van der Waals surface area contributed by atoms with Crippen LogP contribution in [0.1, 0.15) is 62.0 Å². The molecule has 3 aliphatic rings. The molecule has 0 amide bonds. The van der Waals surface area contributed by atoms with E-state index in [0.717, 1.165) is 30.4 Å². The molecule has 2 saturated heterocycles. The average Bonchev–Trinajstić information content (AvgIpc) is 3.50. The van der Waals surface area contributed by atoms with E-state index < -0.39 is 0 Å². The minimum Gasteiger partial charge on any atom is -0.376 e. The number of hydrogen-bond acceptors (Lipinski definition) is 3. The smallest absolute Gasteiger partial charge is 0.170 e. The maximum atomic E-state index is 5.91. The Labute approximate surface area is 172 Å². The van der Waals surface area contributed by atoms with Gasteiger partial charge in [-0.15, -0.1) is 0 Å². The molecular formula is C22H28N4OS. The number of nitrogens with one attached hydrogen (secondary N) is 1. The van der Waals surface area contributed by atoms with Crippen molar-refractivity contribution in [1.29, 1.82) is 0 Å². The SMILES string of the molecule is S=C1N[C@H](c2ccccn2)[C@H](c2cccn2C[C@@H]2CCCO2)N1C1CCCC1. The van der Waals surface area contributed by atoms with E-state index in [2.05, 4.69) is 50.2 Å². The highest BCUT2D eigenvalue weighted by Gasteiger charge is 2.44. The van der Waals surface area contributed by atoms with Crippen molar-refractivity contribution in [2.24, 2.45) is 0 Å². The van der Waals surface area contributed by atoms with E-state index in [9.17, 15) is 0 Å². The normalized spacial score (nSPS) is 28.2. The Hall–Kier alpha value is -1.92.